The molecule has 0 amide bonds. The highest BCUT2D eigenvalue weighted by atomic mass is 32.2. The van der Waals surface area contributed by atoms with Crippen molar-refractivity contribution in [2.75, 3.05) is 23.9 Å². The number of rotatable bonds is 5. The standard InChI is InChI=1S/C18H18FNO5S/c1-24-13-8-6-12(7-9-13)20-16-10-26(22,23)11-17(16)25-18(21)14-4-2-3-5-15(14)19/h2-9,16-17,20H,10-11H2,1H3/t16-,17+/m1/s1. The van der Waals surface area contributed by atoms with E-state index in [1.807, 2.05) is 0 Å². The molecule has 1 N–H and O–H groups in total. The van der Waals surface area contributed by atoms with Gasteiger partial charge >= 0.3 is 5.97 Å². The van der Waals surface area contributed by atoms with Crippen LogP contribution in [0.15, 0.2) is 48.5 Å². The number of hydrogen-bond donors (Lipinski definition) is 1. The van der Waals surface area contributed by atoms with E-state index in [9.17, 15) is 17.6 Å². The average molecular weight is 379 g/mol. The van der Waals surface area contributed by atoms with E-state index in [1.54, 1.807) is 31.4 Å². The van der Waals surface area contributed by atoms with Crippen molar-refractivity contribution in [3.63, 3.8) is 0 Å². The number of esters is 1. The Hall–Kier alpha value is -2.61. The normalized spacial score (nSPS) is 21.2. The van der Waals surface area contributed by atoms with E-state index in [2.05, 4.69) is 5.32 Å². The van der Waals surface area contributed by atoms with Gasteiger partial charge in [-0.3, -0.25) is 0 Å². The van der Waals surface area contributed by atoms with Gasteiger partial charge in [0.25, 0.3) is 0 Å². The molecule has 0 radical (unpaired) electrons. The number of ether oxygens (including phenoxy) is 2. The molecular formula is C18H18FNO5S. The lowest BCUT2D eigenvalue weighted by Crippen LogP contribution is -2.36. The molecule has 1 aliphatic rings. The molecule has 0 bridgehead atoms. The molecule has 1 fully saturated rings. The second-order valence-electron chi connectivity index (χ2n) is 5.98. The van der Waals surface area contributed by atoms with Gasteiger partial charge in [-0.25, -0.2) is 17.6 Å². The second kappa shape index (κ2) is 7.33. The molecule has 0 saturated carbocycles. The van der Waals surface area contributed by atoms with Crippen molar-refractivity contribution in [3.8, 4) is 5.75 Å². The number of anilines is 1. The summed E-state index contributed by atoms with van der Waals surface area (Å²) >= 11 is 0. The van der Waals surface area contributed by atoms with E-state index in [0.29, 0.717) is 11.4 Å². The van der Waals surface area contributed by atoms with Gasteiger partial charge in [-0.2, -0.15) is 0 Å². The first kappa shape index (κ1) is 18.2. The van der Waals surface area contributed by atoms with E-state index >= 15 is 0 Å². The minimum Gasteiger partial charge on any atom is -0.497 e. The third kappa shape index (κ3) is 4.13. The SMILES string of the molecule is COc1ccc(N[C@@H]2CS(=O)(=O)C[C@@H]2OC(=O)c2ccccc2F)cc1. The van der Waals surface area contributed by atoms with Gasteiger partial charge in [0, 0.05) is 5.69 Å². The first-order valence-corrected chi connectivity index (χ1v) is 9.76. The zero-order chi connectivity index (χ0) is 18.7. The molecule has 0 unspecified atom stereocenters. The fourth-order valence-electron chi connectivity index (χ4n) is 2.80. The molecule has 2 aromatic rings. The lowest BCUT2D eigenvalue weighted by atomic mass is 10.1. The molecule has 0 spiro atoms. The van der Waals surface area contributed by atoms with Crippen LogP contribution in [-0.2, 0) is 14.6 Å². The molecule has 26 heavy (non-hydrogen) atoms. The molecule has 1 aliphatic heterocycles. The molecule has 1 saturated heterocycles. The molecule has 2 aromatic carbocycles. The van der Waals surface area contributed by atoms with Gasteiger partial charge in [0.15, 0.2) is 9.84 Å². The van der Waals surface area contributed by atoms with Gasteiger partial charge in [0.1, 0.15) is 17.7 Å². The molecule has 0 aliphatic carbocycles. The third-order valence-corrected chi connectivity index (χ3v) is 5.80. The maximum absolute atomic E-state index is 13.7. The van der Waals surface area contributed by atoms with Gasteiger partial charge in [0.2, 0.25) is 0 Å². The number of sulfone groups is 1. The summed E-state index contributed by atoms with van der Waals surface area (Å²) in [5, 5.41) is 3.06. The van der Waals surface area contributed by atoms with Gasteiger partial charge in [0.05, 0.1) is 30.2 Å². The molecular weight excluding hydrogens is 361 g/mol. The Labute approximate surface area is 150 Å². The number of halogens is 1. The van der Waals surface area contributed by atoms with Crippen molar-refractivity contribution in [1.29, 1.82) is 0 Å². The van der Waals surface area contributed by atoms with Crippen molar-refractivity contribution in [2.24, 2.45) is 0 Å². The summed E-state index contributed by atoms with van der Waals surface area (Å²) in [5.74, 6) is -1.41. The first-order chi connectivity index (χ1) is 12.4. The van der Waals surface area contributed by atoms with Gasteiger partial charge in [-0.15, -0.1) is 0 Å². The summed E-state index contributed by atoms with van der Waals surface area (Å²) in [6.07, 6.45) is -0.908. The highest BCUT2D eigenvalue weighted by Gasteiger charge is 2.40. The fraction of sp³-hybridized carbons (Fsp3) is 0.278. The van der Waals surface area contributed by atoms with Crippen LogP contribution in [0, 0.1) is 5.82 Å². The summed E-state index contributed by atoms with van der Waals surface area (Å²) in [7, 11) is -1.83. The maximum atomic E-state index is 13.7. The van der Waals surface area contributed by atoms with Crippen molar-refractivity contribution in [1.82, 2.24) is 0 Å². The van der Waals surface area contributed by atoms with Gasteiger partial charge < -0.3 is 14.8 Å². The van der Waals surface area contributed by atoms with E-state index in [0.717, 1.165) is 6.07 Å². The fourth-order valence-corrected chi connectivity index (χ4v) is 4.58. The lowest BCUT2D eigenvalue weighted by molar-refractivity contribution is 0.0331. The topological polar surface area (TPSA) is 81.7 Å². The number of nitrogens with one attached hydrogen (secondary N) is 1. The van der Waals surface area contributed by atoms with Crippen molar-refractivity contribution >= 4 is 21.5 Å². The van der Waals surface area contributed by atoms with Gasteiger partial charge in [-0.05, 0) is 36.4 Å². The summed E-state index contributed by atoms with van der Waals surface area (Å²) in [4.78, 5) is 12.2. The van der Waals surface area contributed by atoms with Crippen LogP contribution in [0.4, 0.5) is 10.1 Å². The molecule has 8 heteroatoms. The second-order valence-corrected chi connectivity index (χ2v) is 8.13. The van der Waals surface area contributed by atoms with E-state index in [1.165, 1.54) is 18.2 Å². The Morgan fingerprint density at radius 3 is 2.46 bits per heavy atom. The number of benzene rings is 2. The van der Waals surface area contributed by atoms with Crippen molar-refractivity contribution < 1.29 is 27.1 Å². The first-order valence-electron chi connectivity index (χ1n) is 7.94. The van der Waals surface area contributed by atoms with Crippen LogP contribution in [0.3, 0.4) is 0 Å². The van der Waals surface area contributed by atoms with Gasteiger partial charge in [-0.1, -0.05) is 12.1 Å². The molecule has 1 heterocycles. The number of hydrogen-bond acceptors (Lipinski definition) is 6. The van der Waals surface area contributed by atoms with Crippen LogP contribution in [0.2, 0.25) is 0 Å². The minimum atomic E-state index is -3.37. The zero-order valence-corrected chi connectivity index (χ0v) is 14.8. The van der Waals surface area contributed by atoms with Crippen molar-refractivity contribution in [2.45, 2.75) is 12.1 Å². The Balaban J connectivity index is 1.75. The Morgan fingerprint density at radius 2 is 1.81 bits per heavy atom. The quantitative estimate of drug-likeness (QED) is 0.803. The maximum Gasteiger partial charge on any atom is 0.341 e. The van der Waals surface area contributed by atoms with Crippen LogP contribution < -0.4 is 10.1 Å². The van der Waals surface area contributed by atoms with Crippen LogP contribution in [0.25, 0.3) is 0 Å². The Morgan fingerprint density at radius 1 is 1.12 bits per heavy atom. The van der Waals surface area contributed by atoms with E-state index < -0.39 is 33.8 Å². The largest absolute Gasteiger partial charge is 0.497 e. The monoisotopic (exact) mass is 379 g/mol. The molecule has 3 rings (SSSR count). The number of carbonyl (C=O) groups is 1. The Kier molecular flexibility index (Phi) is 5.13. The number of carbonyl (C=O) groups excluding carboxylic acids is 1. The van der Waals surface area contributed by atoms with Crippen LogP contribution >= 0.6 is 0 Å². The molecule has 0 aromatic heterocycles. The highest BCUT2D eigenvalue weighted by molar-refractivity contribution is 7.91. The van der Waals surface area contributed by atoms with E-state index in [4.69, 9.17) is 9.47 Å². The molecule has 2 atom stereocenters. The summed E-state index contributed by atoms with van der Waals surface area (Å²) < 4.78 is 48.1. The van der Waals surface area contributed by atoms with Crippen LogP contribution in [0.5, 0.6) is 5.75 Å². The van der Waals surface area contributed by atoms with E-state index in [-0.39, 0.29) is 17.1 Å². The highest BCUT2D eigenvalue weighted by Crippen LogP contribution is 2.23. The smallest absolute Gasteiger partial charge is 0.341 e. The summed E-state index contributed by atoms with van der Waals surface area (Å²) in [6, 6.07) is 11.7. The van der Waals surface area contributed by atoms with Crippen molar-refractivity contribution in [3.05, 3.63) is 59.9 Å². The van der Waals surface area contributed by atoms with Crippen LogP contribution in [-0.4, -0.2) is 45.1 Å². The summed E-state index contributed by atoms with van der Waals surface area (Å²) in [6.45, 7) is 0. The predicted molar refractivity (Wildman–Crippen MR) is 94.7 cm³/mol. The molecule has 138 valence electrons. The lowest BCUT2D eigenvalue weighted by Gasteiger charge is -2.21. The zero-order valence-electron chi connectivity index (χ0n) is 14.0. The Bertz CT molecular complexity index is 898. The third-order valence-electron chi connectivity index (χ3n) is 4.09. The summed E-state index contributed by atoms with van der Waals surface area (Å²) in [5.41, 5.74) is 0.444. The number of methoxy groups -OCH3 is 1. The average Bonchev–Trinajstić information content (AvgIpc) is 2.89. The van der Waals surface area contributed by atoms with Crippen LogP contribution in [0.1, 0.15) is 10.4 Å². The minimum absolute atomic E-state index is 0.172. The predicted octanol–water partition coefficient (Wildman–Crippen LogP) is 2.27. The molecule has 6 nitrogen and oxygen atoms in total.